The summed E-state index contributed by atoms with van der Waals surface area (Å²) < 4.78 is 4.95. The molecule has 0 spiro atoms. The second kappa shape index (κ2) is 7.70. The van der Waals surface area contributed by atoms with Crippen LogP contribution in [0.2, 0.25) is 0 Å². The minimum Gasteiger partial charge on any atom is -0.385 e. The van der Waals surface area contributed by atoms with Gasteiger partial charge in [-0.1, -0.05) is 0 Å². The molecule has 2 N–H and O–H groups in total. The largest absolute Gasteiger partial charge is 0.385 e. The first-order valence-corrected chi connectivity index (χ1v) is 7.94. The van der Waals surface area contributed by atoms with E-state index >= 15 is 0 Å². The van der Waals surface area contributed by atoms with Gasteiger partial charge < -0.3 is 10.1 Å². The van der Waals surface area contributed by atoms with Crippen LogP contribution in [0.25, 0.3) is 0 Å². The van der Waals surface area contributed by atoms with Crippen molar-refractivity contribution in [2.45, 2.75) is 6.42 Å². The van der Waals surface area contributed by atoms with Gasteiger partial charge in [0.1, 0.15) is 0 Å². The molecular weight excluding hydrogens is 338 g/mol. The van der Waals surface area contributed by atoms with Gasteiger partial charge in [0.05, 0.1) is 11.1 Å². The van der Waals surface area contributed by atoms with Gasteiger partial charge in [-0.2, -0.15) is 0 Å². The van der Waals surface area contributed by atoms with Crippen LogP contribution in [-0.4, -0.2) is 53.0 Å². The number of aromatic nitrogens is 2. The molecule has 3 rings (SSSR count). The highest BCUT2D eigenvalue weighted by atomic mass is 16.5. The Balaban J connectivity index is 1.69. The molecule has 4 amide bonds. The van der Waals surface area contributed by atoms with E-state index in [1.54, 1.807) is 19.2 Å². The third-order valence-corrected chi connectivity index (χ3v) is 3.75. The molecule has 0 saturated heterocycles. The quantitative estimate of drug-likeness (QED) is 0.603. The number of hydrogen-bond donors (Lipinski definition) is 2. The van der Waals surface area contributed by atoms with Crippen molar-refractivity contribution in [2.24, 2.45) is 0 Å². The van der Waals surface area contributed by atoms with Crippen LogP contribution in [0.3, 0.4) is 0 Å². The van der Waals surface area contributed by atoms with Crippen LogP contribution in [0, 0.1) is 0 Å². The number of amides is 4. The van der Waals surface area contributed by atoms with Crippen LogP contribution >= 0.6 is 0 Å². The van der Waals surface area contributed by atoms with Gasteiger partial charge in [-0.15, -0.1) is 0 Å². The van der Waals surface area contributed by atoms with Crippen LogP contribution in [0.4, 0.5) is 16.4 Å². The molecule has 134 valence electrons. The number of benzene rings is 1. The van der Waals surface area contributed by atoms with E-state index in [1.165, 1.54) is 29.4 Å². The second-order valence-electron chi connectivity index (χ2n) is 5.52. The van der Waals surface area contributed by atoms with Crippen LogP contribution in [0.1, 0.15) is 27.1 Å². The first kappa shape index (κ1) is 17.5. The standard InChI is InChI=1S/C17H17N5O4/c1-26-9-3-8-22-14(23)12-5-4-11(10-13(12)15(22)24)20-17(25)21-16-18-6-2-7-19-16/h2,4-7,10H,3,8-9H2,1H3,(H2,18,19,20,21,25). The number of methoxy groups -OCH3 is 1. The summed E-state index contributed by atoms with van der Waals surface area (Å²) in [6, 6.07) is 5.65. The Bertz CT molecular complexity index is 840. The van der Waals surface area contributed by atoms with Crippen molar-refractivity contribution in [3.05, 3.63) is 47.8 Å². The van der Waals surface area contributed by atoms with Gasteiger partial charge in [-0.25, -0.2) is 14.8 Å². The predicted octanol–water partition coefficient (Wildman–Crippen LogP) is 1.75. The molecule has 0 aliphatic carbocycles. The van der Waals surface area contributed by atoms with E-state index in [-0.39, 0.29) is 29.9 Å². The smallest absolute Gasteiger partial charge is 0.326 e. The number of anilines is 2. The molecule has 0 fully saturated rings. The van der Waals surface area contributed by atoms with Crippen molar-refractivity contribution < 1.29 is 19.1 Å². The maximum Gasteiger partial charge on any atom is 0.326 e. The van der Waals surface area contributed by atoms with Gasteiger partial charge in [-0.3, -0.25) is 19.8 Å². The lowest BCUT2D eigenvalue weighted by atomic mass is 10.1. The Kier molecular flexibility index (Phi) is 5.18. The maximum absolute atomic E-state index is 12.4. The topological polar surface area (TPSA) is 114 Å². The molecule has 9 heteroatoms. The number of carbonyl (C=O) groups is 3. The molecule has 0 saturated carbocycles. The van der Waals surface area contributed by atoms with Gasteiger partial charge >= 0.3 is 6.03 Å². The fourth-order valence-corrected chi connectivity index (χ4v) is 2.57. The summed E-state index contributed by atoms with van der Waals surface area (Å²) in [7, 11) is 1.56. The zero-order chi connectivity index (χ0) is 18.5. The average Bonchev–Trinajstić information content (AvgIpc) is 2.87. The molecule has 0 unspecified atom stereocenters. The van der Waals surface area contributed by atoms with Gasteiger partial charge in [0.25, 0.3) is 11.8 Å². The van der Waals surface area contributed by atoms with Crippen molar-refractivity contribution in [3.8, 4) is 0 Å². The number of fused-ring (bicyclic) bond motifs is 1. The summed E-state index contributed by atoms with van der Waals surface area (Å²) in [5.41, 5.74) is 0.975. The van der Waals surface area contributed by atoms with Gasteiger partial charge in [0, 0.05) is 38.3 Å². The number of hydrogen-bond acceptors (Lipinski definition) is 6. The van der Waals surface area contributed by atoms with Gasteiger partial charge in [0.2, 0.25) is 5.95 Å². The molecule has 2 aromatic rings. The van der Waals surface area contributed by atoms with Gasteiger partial charge in [0.15, 0.2) is 0 Å². The fraction of sp³-hybridized carbons (Fsp3) is 0.235. The molecule has 0 radical (unpaired) electrons. The molecule has 0 atom stereocenters. The minimum atomic E-state index is -0.551. The Morgan fingerprint density at radius 3 is 2.58 bits per heavy atom. The zero-order valence-corrected chi connectivity index (χ0v) is 14.1. The normalized spacial score (nSPS) is 12.9. The van der Waals surface area contributed by atoms with Crippen LogP contribution in [0.15, 0.2) is 36.7 Å². The van der Waals surface area contributed by atoms with E-state index in [1.807, 2.05) is 0 Å². The van der Waals surface area contributed by atoms with Crippen molar-refractivity contribution >= 4 is 29.5 Å². The molecule has 9 nitrogen and oxygen atoms in total. The summed E-state index contributed by atoms with van der Waals surface area (Å²) in [5, 5.41) is 5.06. The van der Waals surface area contributed by atoms with Crippen LogP contribution in [0.5, 0.6) is 0 Å². The molecular formula is C17H17N5O4. The number of carbonyl (C=O) groups excluding carboxylic acids is 3. The van der Waals surface area contributed by atoms with E-state index in [0.717, 1.165) is 0 Å². The molecule has 1 aromatic heterocycles. The first-order chi connectivity index (χ1) is 12.6. The van der Waals surface area contributed by atoms with Gasteiger partial charge in [-0.05, 0) is 30.7 Å². The first-order valence-electron chi connectivity index (χ1n) is 7.94. The Morgan fingerprint density at radius 1 is 1.12 bits per heavy atom. The SMILES string of the molecule is COCCCN1C(=O)c2ccc(NC(=O)Nc3ncccn3)cc2C1=O. The molecule has 2 heterocycles. The lowest BCUT2D eigenvalue weighted by Crippen LogP contribution is -2.31. The fourth-order valence-electron chi connectivity index (χ4n) is 2.57. The summed E-state index contributed by atoms with van der Waals surface area (Å²) >= 11 is 0. The number of imide groups is 1. The zero-order valence-electron chi connectivity index (χ0n) is 14.1. The summed E-state index contributed by atoms with van der Waals surface area (Å²) in [4.78, 5) is 45.7. The number of nitrogens with one attached hydrogen (secondary N) is 2. The molecule has 0 bridgehead atoms. The highest BCUT2D eigenvalue weighted by molar-refractivity contribution is 6.22. The molecule has 26 heavy (non-hydrogen) atoms. The van der Waals surface area contributed by atoms with Crippen molar-refractivity contribution in [3.63, 3.8) is 0 Å². The Hall–Kier alpha value is -3.33. The monoisotopic (exact) mass is 355 g/mol. The second-order valence-corrected chi connectivity index (χ2v) is 5.52. The summed E-state index contributed by atoms with van der Waals surface area (Å²) in [5.74, 6) is -0.562. The van der Waals surface area contributed by atoms with Crippen LogP contribution in [-0.2, 0) is 4.74 Å². The van der Waals surface area contributed by atoms with Crippen molar-refractivity contribution in [1.82, 2.24) is 14.9 Å². The van der Waals surface area contributed by atoms with Crippen molar-refractivity contribution in [1.29, 1.82) is 0 Å². The van der Waals surface area contributed by atoms with E-state index in [4.69, 9.17) is 4.74 Å². The number of urea groups is 1. The Morgan fingerprint density at radius 2 is 1.85 bits per heavy atom. The minimum absolute atomic E-state index is 0.154. The highest BCUT2D eigenvalue weighted by Crippen LogP contribution is 2.26. The summed E-state index contributed by atoms with van der Waals surface area (Å²) in [6.07, 6.45) is 3.56. The molecule has 1 aliphatic heterocycles. The highest BCUT2D eigenvalue weighted by Gasteiger charge is 2.35. The maximum atomic E-state index is 12.4. The third-order valence-electron chi connectivity index (χ3n) is 3.75. The molecule has 1 aromatic carbocycles. The number of ether oxygens (including phenoxy) is 1. The lowest BCUT2D eigenvalue weighted by Gasteiger charge is -2.12. The number of nitrogens with zero attached hydrogens (tertiary/aromatic N) is 3. The summed E-state index contributed by atoms with van der Waals surface area (Å²) in [6.45, 7) is 0.747. The van der Waals surface area contributed by atoms with Crippen LogP contribution < -0.4 is 10.6 Å². The number of rotatable bonds is 6. The molecule has 1 aliphatic rings. The lowest BCUT2D eigenvalue weighted by molar-refractivity contribution is 0.0638. The van der Waals surface area contributed by atoms with Crippen molar-refractivity contribution in [2.75, 3.05) is 30.9 Å². The Labute approximate surface area is 149 Å². The van der Waals surface area contributed by atoms with E-state index in [9.17, 15) is 14.4 Å². The van der Waals surface area contributed by atoms with E-state index < -0.39 is 6.03 Å². The van der Waals surface area contributed by atoms with E-state index in [2.05, 4.69) is 20.6 Å². The average molecular weight is 355 g/mol. The van der Waals surface area contributed by atoms with E-state index in [0.29, 0.717) is 24.3 Å². The third kappa shape index (κ3) is 3.67. The predicted molar refractivity (Wildman–Crippen MR) is 93.0 cm³/mol.